The Morgan fingerprint density at radius 2 is 1.66 bits per heavy atom. The summed E-state index contributed by atoms with van der Waals surface area (Å²) in [6.45, 7) is 13.9. The molecule has 276 valence electrons. The van der Waals surface area contributed by atoms with E-state index in [4.69, 9.17) is 4.74 Å². The first kappa shape index (κ1) is 37.1. The summed E-state index contributed by atoms with van der Waals surface area (Å²) < 4.78 is 5.68. The van der Waals surface area contributed by atoms with E-state index in [1.807, 2.05) is 19.9 Å². The van der Waals surface area contributed by atoms with Gasteiger partial charge in [-0.25, -0.2) is 0 Å². The van der Waals surface area contributed by atoms with Crippen molar-refractivity contribution < 1.29 is 9.53 Å². The van der Waals surface area contributed by atoms with Crippen molar-refractivity contribution in [1.29, 1.82) is 0 Å². The lowest BCUT2D eigenvalue weighted by atomic mass is 9.60. The van der Waals surface area contributed by atoms with Gasteiger partial charge in [0.25, 0.3) is 11.5 Å². The predicted molar refractivity (Wildman–Crippen MR) is 204 cm³/mol. The summed E-state index contributed by atoms with van der Waals surface area (Å²) in [6, 6.07) is 7.56. The van der Waals surface area contributed by atoms with Crippen molar-refractivity contribution in [2.45, 2.75) is 122 Å². The fraction of sp³-hybridized carbons (Fsp3) is 0.707. The van der Waals surface area contributed by atoms with Gasteiger partial charge in [0.05, 0.1) is 13.2 Å². The first-order valence-corrected chi connectivity index (χ1v) is 19.8. The molecule has 0 bridgehead atoms. The number of carbonyl (C=O) groups is 1. The number of aryl methyl sites for hydroxylation is 2. The van der Waals surface area contributed by atoms with Crippen LogP contribution >= 0.6 is 0 Å². The van der Waals surface area contributed by atoms with Crippen LogP contribution < -0.4 is 26.4 Å². The number of piperidine rings is 2. The van der Waals surface area contributed by atoms with Crippen molar-refractivity contribution >= 4 is 11.6 Å². The Kier molecular flexibility index (Phi) is 12.7. The minimum Gasteiger partial charge on any atom is -0.379 e. The van der Waals surface area contributed by atoms with Crippen LogP contribution in [0.3, 0.4) is 0 Å². The molecule has 3 aliphatic heterocycles. The number of hydrogen-bond donors (Lipinski definition) is 4. The summed E-state index contributed by atoms with van der Waals surface area (Å²) in [5.41, 5.74) is 6.66. The van der Waals surface area contributed by atoms with E-state index >= 15 is 0 Å². The Hall–Kier alpha value is -2.72. The molecule has 1 aromatic heterocycles. The van der Waals surface area contributed by atoms with Gasteiger partial charge in [0.1, 0.15) is 0 Å². The highest BCUT2D eigenvalue weighted by molar-refractivity contribution is 5.97. The Bertz CT molecular complexity index is 1480. The summed E-state index contributed by atoms with van der Waals surface area (Å²) in [6.07, 6.45) is 15.1. The maximum absolute atomic E-state index is 14.3. The number of amides is 1. The number of hydrogen-bond acceptors (Lipinski definition) is 7. The number of H-pyrrole nitrogens is 1. The van der Waals surface area contributed by atoms with E-state index in [0.717, 1.165) is 87.7 Å². The van der Waals surface area contributed by atoms with E-state index in [0.29, 0.717) is 23.6 Å². The third-order valence-electron chi connectivity index (χ3n) is 12.6. The van der Waals surface area contributed by atoms with Gasteiger partial charge in [0, 0.05) is 80.3 Å². The second-order valence-electron chi connectivity index (χ2n) is 16.0. The highest BCUT2D eigenvalue weighted by Crippen LogP contribution is 2.51. The van der Waals surface area contributed by atoms with E-state index in [1.165, 1.54) is 75.5 Å². The molecule has 1 aromatic carbocycles. The maximum atomic E-state index is 14.3. The zero-order valence-corrected chi connectivity index (χ0v) is 31.4. The molecule has 1 saturated carbocycles. The molecule has 1 amide bonds. The van der Waals surface area contributed by atoms with Crippen molar-refractivity contribution in [2.75, 3.05) is 64.4 Å². The van der Waals surface area contributed by atoms with Crippen LogP contribution in [0.2, 0.25) is 0 Å². The van der Waals surface area contributed by atoms with Gasteiger partial charge in [0.2, 0.25) is 0 Å². The Labute approximate surface area is 300 Å². The van der Waals surface area contributed by atoms with Crippen LogP contribution in [0.4, 0.5) is 5.69 Å². The minimum atomic E-state index is -0.127. The minimum absolute atomic E-state index is 0.0994. The van der Waals surface area contributed by atoms with Gasteiger partial charge in [-0.3, -0.25) is 14.5 Å². The number of morpholine rings is 1. The molecule has 4 N–H and O–H groups in total. The molecule has 1 aliphatic carbocycles. The average Bonchev–Trinajstić information content (AvgIpc) is 3.11. The molecule has 4 fully saturated rings. The van der Waals surface area contributed by atoms with Gasteiger partial charge in [-0.1, -0.05) is 44.9 Å². The highest BCUT2D eigenvalue weighted by Gasteiger charge is 2.44. The number of aromatic amines is 1. The number of carbonyl (C=O) groups excluding carboxylic acids is 1. The molecule has 1 spiro atoms. The van der Waals surface area contributed by atoms with Crippen LogP contribution in [0.15, 0.2) is 23.0 Å². The topological polar surface area (TPSA) is 102 Å². The van der Waals surface area contributed by atoms with Gasteiger partial charge >= 0.3 is 0 Å². The number of pyridine rings is 1. The number of anilines is 1. The van der Waals surface area contributed by atoms with Crippen LogP contribution in [0.5, 0.6) is 0 Å². The predicted octanol–water partition coefficient (Wildman–Crippen LogP) is 5.71. The SMILES string of the molecule is Cc1cc(C)c(CNC(=O)c2cc(C3CNC(CN4CCOCC4)CC34CCCCCCCCC4)cc(N(C)C3CCNCC3)c2C)c(=O)[nH]1. The largest absolute Gasteiger partial charge is 0.379 e. The fourth-order valence-electron chi connectivity index (χ4n) is 9.70. The van der Waals surface area contributed by atoms with E-state index < -0.39 is 0 Å². The van der Waals surface area contributed by atoms with Crippen molar-refractivity contribution in [1.82, 2.24) is 25.8 Å². The molecular weight excluding hydrogens is 624 g/mol. The lowest BCUT2D eigenvalue weighted by molar-refractivity contribution is 0.0204. The summed E-state index contributed by atoms with van der Waals surface area (Å²) in [5.74, 6) is 0.232. The summed E-state index contributed by atoms with van der Waals surface area (Å²) in [4.78, 5) is 35.1. The fourth-order valence-corrected chi connectivity index (χ4v) is 9.70. The van der Waals surface area contributed by atoms with Gasteiger partial charge < -0.3 is 30.6 Å². The highest BCUT2D eigenvalue weighted by atomic mass is 16.5. The van der Waals surface area contributed by atoms with Gasteiger partial charge in [-0.2, -0.15) is 0 Å². The van der Waals surface area contributed by atoms with E-state index in [-0.39, 0.29) is 23.4 Å². The van der Waals surface area contributed by atoms with Gasteiger partial charge in [-0.15, -0.1) is 0 Å². The molecule has 2 atom stereocenters. The first-order chi connectivity index (χ1) is 24.2. The second kappa shape index (κ2) is 17.2. The smallest absolute Gasteiger partial charge is 0.253 e. The average molecular weight is 689 g/mol. The third kappa shape index (κ3) is 8.83. The van der Waals surface area contributed by atoms with Crippen LogP contribution in [-0.4, -0.2) is 87.4 Å². The number of rotatable bonds is 8. The maximum Gasteiger partial charge on any atom is 0.253 e. The number of nitrogens with zero attached hydrogens (tertiary/aromatic N) is 2. The summed E-state index contributed by atoms with van der Waals surface area (Å²) in [5, 5.41) is 10.7. The molecule has 0 radical (unpaired) electrons. The molecule has 4 aliphatic rings. The molecule has 2 unspecified atom stereocenters. The molecule has 9 nitrogen and oxygen atoms in total. The standard InChI is InChI=1S/C41H64N6O3/c1-29-22-30(2)45-40(49)36(29)26-44-39(48)35-23-32(24-38(31(35)3)46(4)34-12-16-42-17-13-34)37-27-43-33(28-47-18-20-50-21-19-47)25-41(37)14-10-8-6-5-7-9-11-15-41/h22-24,33-34,37,42-43H,5-21,25-28H2,1-4H3,(H,44,48)(H,45,49). The summed E-state index contributed by atoms with van der Waals surface area (Å²) >= 11 is 0. The number of aromatic nitrogens is 1. The molecule has 4 heterocycles. The Morgan fingerprint density at radius 3 is 2.34 bits per heavy atom. The van der Waals surface area contributed by atoms with E-state index in [2.05, 4.69) is 56.8 Å². The first-order valence-electron chi connectivity index (χ1n) is 19.8. The van der Waals surface area contributed by atoms with E-state index in [1.54, 1.807) is 0 Å². The van der Waals surface area contributed by atoms with E-state index in [9.17, 15) is 9.59 Å². The Balaban J connectivity index is 1.36. The van der Waals surface area contributed by atoms with Gasteiger partial charge in [-0.05, 0) is 106 Å². The monoisotopic (exact) mass is 689 g/mol. The number of nitrogens with one attached hydrogen (secondary N) is 4. The Morgan fingerprint density at radius 1 is 0.980 bits per heavy atom. The number of ether oxygens (including phenoxy) is 1. The quantitative estimate of drug-likeness (QED) is 0.282. The molecule has 2 aromatic rings. The third-order valence-corrected chi connectivity index (χ3v) is 12.6. The second-order valence-corrected chi connectivity index (χ2v) is 16.0. The van der Waals surface area contributed by atoms with Crippen LogP contribution in [0.25, 0.3) is 0 Å². The van der Waals surface area contributed by atoms with Crippen molar-refractivity contribution in [3.63, 3.8) is 0 Å². The van der Waals surface area contributed by atoms with Crippen LogP contribution in [0, 0.1) is 26.2 Å². The van der Waals surface area contributed by atoms with Crippen LogP contribution in [-0.2, 0) is 11.3 Å². The van der Waals surface area contributed by atoms with Crippen molar-refractivity contribution in [3.8, 4) is 0 Å². The zero-order valence-electron chi connectivity index (χ0n) is 31.4. The van der Waals surface area contributed by atoms with Crippen molar-refractivity contribution in [3.05, 3.63) is 62.1 Å². The van der Waals surface area contributed by atoms with Crippen LogP contribution in [0.1, 0.15) is 121 Å². The molecule has 3 saturated heterocycles. The zero-order chi connectivity index (χ0) is 35.1. The lowest BCUT2D eigenvalue weighted by Crippen LogP contribution is -2.54. The molecular formula is C41H64N6O3. The van der Waals surface area contributed by atoms with Crippen molar-refractivity contribution in [2.24, 2.45) is 5.41 Å². The number of benzene rings is 1. The molecule has 6 rings (SSSR count). The summed E-state index contributed by atoms with van der Waals surface area (Å²) in [7, 11) is 2.23. The molecule has 50 heavy (non-hydrogen) atoms. The molecule has 9 heteroatoms. The lowest BCUT2D eigenvalue weighted by Gasteiger charge is -2.50. The van der Waals surface area contributed by atoms with Gasteiger partial charge in [0.15, 0.2) is 0 Å². The normalized spacial score (nSPS) is 24.2.